The van der Waals surface area contributed by atoms with Crippen molar-refractivity contribution in [2.24, 2.45) is 0 Å². The number of aromatic nitrogens is 2. The Balaban J connectivity index is 1.45. The normalized spacial score (nSPS) is 11.8. The van der Waals surface area contributed by atoms with Gasteiger partial charge in [-0.1, -0.05) is 109 Å². The lowest BCUT2D eigenvalue weighted by atomic mass is 9.94. The molecule has 0 fully saturated rings. The van der Waals surface area contributed by atoms with Gasteiger partial charge in [-0.3, -0.25) is 0 Å². The van der Waals surface area contributed by atoms with Crippen LogP contribution < -0.4 is 0 Å². The molecule has 2 aromatic heterocycles. The zero-order valence-electron chi connectivity index (χ0n) is 20.8. The Kier molecular flexibility index (Phi) is 4.44. The van der Waals surface area contributed by atoms with Gasteiger partial charge < -0.3 is 4.42 Å². The minimum absolute atomic E-state index is 0.890. The molecule has 0 saturated carbocycles. The van der Waals surface area contributed by atoms with Crippen LogP contribution in [0.2, 0.25) is 0 Å². The summed E-state index contributed by atoms with van der Waals surface area (Å²) in [5.74, 6) is 0. The molecule has 0 N–H and O–H groups in total. The van der Waals surface area contributed by atoms with E-state index in [1.165, 1.54) is 10.8 Å². The average molecular weight is 487 g/mol. The van der Waals surface area contributed by atoms with Gasteiger partial charge in [0.1, 0.15) is 11.2 Å². The molecule has 0 spiro atoms. The van der Waals surface area contributed by atoms with Crippen LogP contribution in [-0.2, 0) is 0 Å². The molecule has 0 atom stereocenters. The summed E-state index contributed by atoms with van der Waals surface area (Å²) in [6.07, 6.45) is 0. The molecule has 0 aliphatic heterocycles. The van der Waals surface area contributed by atoms with E-state index in [0.29, 0.717) is 0 Å². The van der Waals surface area contributed by atoms with Gasteiger partial charge in [-0.05, 0) is 29.3 Å². The molecule has 8 aromatic rings. The number of nitrogens with zero attached hydrogens (tertiary/aromatic N) is 2. The highest BCUT2D eigenvalue weighted by atomic mass is 16.3. The number of hydrogen-bond acceptors (Lipinski definition) is 3. The minimum atomic E-state index is 0.890. The molecule has 178 valence electrons. The van der Waals surface area contributed by atoms with Gasteiger partial charge >= 0.3 is 0 Å². The third-order valence-electron chi connectivity index (χ3n) is 7.60. The molecule has 0 bridgehead atoms. The maximum absolute atomic E-state index is 6.40. The summed E-state index contributed by atoms with van der Waals surface area (Å²) < 4.78 is 6.40. The average Bonchev–Trinajstić information content (AvgIpc) is 3.36. The summed E-state index contributed by atoms with van der Waals surface area (Å²) in [5.41, 5.74) is 8.64. The van der Waals surface area contributed by atoms with Crippen LogP contribution in [0.3, 0.4) is 0 Å². The van der Waals surface area contributed by atoms with E-state index in [2.05, 4.69) is 110 Å². The fraction of sp³-hybridized carbons (Fsp3) is 0.0286. The van der Waals surface area contributed by atoms with Gasteiger partial charge in [0.25, 0.3) is 0 Å². The minimum Gasteiger partial charge on any atom is -0.455 e. The Hall–Kier alpha value is -5.02. The van der Waals surface area contributed by atoms with E-state index in [9.17, 15) is 0 Å². The standard InChI is InChI=1S/C35H22N2O/c1-21-32(37-34-28-17-7-3-12-23(28)22-11-2-6-16-27(22)33(34)36-21)26-15-5-4-13-24(26)29-18-10-19-30-25-14-8-9-20-31(25)38-35(29)30/h2-20H,1H3. The molecule has 2 heterocycles. The molecule has 0 radical (unpaired) electrons. The fourth-order valence-corrected chi connectivity index (χ4v) is 5.88. The maximum Gasteiger partial charge on any atom is 0.143 e. The first-order valence-electron chi connectivity index (χ1n) is 12.9. The quantitative estimate of drug-likeness (QED) is 0.228. The van der Waals surface area contributed by atoms with Crippen molar-refractivity contribution in [1.82, 2.24) is 9.97 Å². The van der Waals surface area contributed by atoms with Gasteiger partial charge in [-0.15, -0.1) is 0 Å². The summed E-state index contributed by atoms with van der Waals surface area (Å²) >= 11 is 0. The van der Waals surface area contributed by atoms with Crippen molar-refractivity contribution in [3.63, 3.8) is 0 Å². The highest BCUT2D eigenvalue weighted by molar-refractivity contribution is 6.23. The zero-order chi connectivity index (χ0) is 25.2. The van der Waals surface area contributed by atoms with Gasteiger partial charge in [0.2, 0.25) is 0 Å². The summed E-state index contributed by atoms with van der Waals surface area (Å²) in [4.78, 5) is 10.5. The predicted molar refractivity (Wildman–Crippen MR) is 157 cm³/mol. The van der Waals surface area contributed by atoms with Crippen LogP contribution in [0.15, 0.2) is 120 Å². The molecule has 8 rings (SSSR count). The molecule has 3 heteroatoms. The number of benzene rings is 6. The Morgan fingerprint density at radius 3 is 1.71 bits per heavy atom. The highest BCUT2D eigenvalue weighted by Gasteiger charge is 2.19. The van der Waals surface area contributed by atoms with Crippen LogP contribution in [-0.4, -0.2) is 9.97 Å². The van der Waals surface area contributed by atoms with Crippen molar-refractivity contribution in [2.75, 3.05) is 0 Å². The predicted octanol–water partition coefficient (Wildman–Crippen LogP) is 9.48. The zero-order valence-corrected chi connectivity index (χ0v) is 20.8. The van der Waals surface area contributed by atoms with E-state index in [1.54, 1.807) is 0 Å². The molecule has 38 heavy (non-hydrogen) atoms. The van der Waals surface area contributed by atoms with Crippen molar-refractivity contribution in [3.05, 3.63) is 121 Å². The molecule has 0 unspecified atom stereocenters. The third kappa shape index (κ3) is 2.96. The van der Waals surface area contributed by atoms with Gasteiger partial charge in [-0.25, -0.2) is 9.97 Å². The fourth-order valence-electron chi connectivity index (χ4n) is 5.88. The van der Waals surface area contributed by atoms with Crippen LogP contribution in [0.5, 0.6) is 0 Å². The number of aryl methyl sites for hydroxylation is 1. The number of furan rings is 1. The second-order valence-electron chi connectivity index (χ2n) is 9.77. The number of fused-ring (bicyclic) bond motifs is 9. The first kappa shape index (κ1) is 21.1. The number of rotatable bonds is 2. The van der Waals surface area contributed by atoms with Crippen LogP contribution in [0.25, 0.3) is 76.9 Å². The first-order chi connectivity index (χ1) is 18.8. The van der Waals surface area contributed by atoms with Crippen molar-refractivity contribution in [1.29, 1.82) is 0 Å². The molecular formula is C35H22N2O. The van der Waals surface area contributed by atoms with Crippen molar-refractivity contribution < 1.29 is 4.42 Å². The first-order valence-corrected chi connectivity index (χ1v) is 12.9. The van der Waals surface area contributed by atoms with E-state index < -0.39 is 0 Å². The van der Waals surface area contributed by atoms with Gasteiger partial charge in [0.05, 0.1) is 22.4 Å². The lowest BCUT2D eigenvalue weighted by Gasteiger charge is -2.15. The topological polar surface area (TPSA) is 38.9 Å². The maximum atomic E-state index is 6.40. The summed E-state index contributed by atoms with van der Waals surface area (Å²) in [6.45, 7) is 2.06. The van der Waals surface area contributed by atoms with E-state index in [-0.39, 0.29) is 0 Å². The number of para-hydroxylation sites is 2. The summed E-state index contributed by atoms with van der Waals surface area (Å²) in [7, 11) is 0. The van der Waals surface area contributed by atoms with Gasteiger partial charge in [-0.2, -0.15) is 0 Å². The van der Waals surface area contributed by atoms with Crippen LogP contribution in [0, 0.1) is 6.92 Å². The van der Waals surface area contributed by atoms with Crippen LogP contribution >= 0.6 is 0 Å². The summed E-state index contributed by atoms with van der Waals surface area (Å²) in [6, 6.07) is 40.0. The molecule has 3 nitrogen and oxygen atoms in total. The largest absolute Gasteiger partial charge is 0.455 e. The van der Waals surface area contributed by atoms with E-state index in [0.717, 1.165) is 71.8 Å². The van der Waals surface area contributed by atoms with Crippen LogP contribution in [0.1, 0.15) is 5.69 Å². The van der Waals surface area contributed by atoms with E-state index in [4.69, 9.17) is 14.4 Å². The smallest absolute Gasteiger partial charge is 0.143 e. The van der Waals surface area contributed by atoms with Crippen LogP contribution in [0.4, 0.5) is 0 Å². The Morgan fingerprint density at radius 2 is 0.974 bits per heavy atom. The number of hydrogen-bond donors (Lipinski definition) is 0. The van der Waals surface area contributed by atoms with Crippen molar-refractivity contribution >= 4 is 54.5 Å². The van der Waals surface area contributed by atoms with E-state index >= 15 is 0 Å². The highest BCUT2D eigenvalue weighted by Crippen LogP contribution is 2.41. The SMILES string of the molecule is Cc1nc2c3ccccc3c3ccccc3c2nc1-c1ccccc1-c1cccc2c1oc1ccccc12. The molecular weight excluding hydrogens is 464 g/mol. The molecule has 0 saturated heterocycles. The Morgan fingerprint density at radius 1 is 0.447 bits per heavy atom. The lowest BCUT2D eigenvalue weighted by molar-refractivity contribution is 0.670. The molecule has 0 aliphatic carbocycles. The Labute approximate surface area is 219 Å². The van der Waals surface area contributed by atoms with Crippen molar-refractivity contribution in [2.45, 2.75) is 6.92 Å². The summed E-state index contributed by atoms with van der Waals surface area (Å²) in [5, 5.41) is 6.89. The lowest BCUT2D eigenvalue weighted by Crippen LogP contribution is -1.98. The Bertz CT molecular complexity index is 2210. The van der Waals surface area contributed by atoms with E-state index in [1.807, 2.05) is 12.1 Å². The third-order valence-corrected chi connectivity index (χ3v) is 7.60. The molecule has 6 aromatic carbocycles. The van der Waals surface area contributed by atoms with Crippen molar-refractivity contribution in [3.8, 4) is 22.4 Å². The molecule has 0 aliphatic rings. The van der Waals surface area contributed by atoms with Gasteiger partial charge in [0, 0.05) is 32.7 Å². The monoisotopic (exact) mass is 486 g/mol. The van der Waals surface area contributed by atoms with Gasteiger partial charge in [0.15, 0.2) is 0 Å². The molecule has 0 amide bonds. The second kappa shape index (κ2) is 7.99. The second-order valence-corrected chi connectivity index (χ2v) is 9.77.